The summed E-state index contributed by atoms with van der Waals surface area (Å²) >= 11 is 0. The third-order valence-corrected chi connectivity index (χ3v) is 2.29. The van der Waals surface area contributed by atoms with Gasteiger partial charge in [0, 0.05) is 6.07 Å². The van der Waals surface area contributed by atoms with Crippen LogP contribution in [0.1, 0.15) is 17.3 Å². The first kappa shape index (κ1) is 11.2. The molecule has 0 spiro atoms. The minimum atomic E-state index is -1.37. The highest BCUT2D eigenvalue weighted by atomic mass is 16.6. The molecule has 1 heterocycles. The number of benzene rings is 1. The number of rotatable bonds is 2. The Morgan fingerprint density at radius 3 is 2.82 bits per heavy atom. The van der Waals surface area contributed by atoms with Gasteiger partial charge < -0.3 is 14.6 Å². The molecule has 0 saturated carbocycles. The molecule has 0 aromatic heterocycles. The number of carboxylic acid groups (broad SMARTS) is 1. The molecule has 7 heteroatoms. The van der Waals surface area contributed by atoms with Crippen LogP contribution in [0, 0.1) is 10.1 Å². The molecule has 7 nitrogen and oxygen atoms in total. The van der Waals surface area contributed by atoms with Crippen molar-refractivity contribution in [3.8, 4) is 11.5 Å². The van der Waals surface area contributed by atoms with Crippen LogP contribution in [0.3, 0.4) is 0 Å². The fraction of sp³-hybridized carbons (Fsp3) is 0.300. The lowest BCUT2D eigenvalue weighted by Crippen LogP contribution is -2.26. The molecular formula is C10H9NO6. The second-order valence-corrected chi connectivity index (χ2v) is 3.62. The monoisotopic (exact) mass is 239 g/mol. The van der Waals surface area contributed by atoms with Crippen molar-refractivity contribution < 1.29 is 24.3 Å². The molecule has 0 radical (unpaired) electrons. The molecule has 1 aliphatic heterocycles. The molecule has 1 aromatic carbocycles. The van der Waals surface area contributed by atoms with E-state index in [1.807, 2.05) is 0 Å². The summed E-state index contributed by atoms with van der Waals surface area (Å²) in [4.78, 5) is 20.9. The number of hydrogen-bond acceptors (Lipinski definition) is 5. The van der Waals surface area contributed by atoms with Crippen LogP contribution >= 0.6 is 0 Å². The minimum Gasteiger partial charge on any atom is -0.486 e. The number of carboxylic acids is 1. The van der Waals surface area contributed by atoms with E-state index < -0.39 is 22.1 Å². The predicted molar refractivity (Wildman–Crippen MR) is 55.6 cm³/mol. The lowest BCUT2D eigenvalue weighted by Gasteiger charge is -2.23. The topological polar surface area (TPSA) is 98.9 Å². The van der Waals surface area contributed by atoms with E-state index in [9.17, 15) is 14.9 Å². The van der Waals surface area contributed by atoms with Gasteiger partial charge in [0.1, 0.15) is 18.3 Å². The lowest BCUT2D eigenvalue weighted by atomic mass is 10.1. The van der Waals surface area contributed by atoms with Crippen molar-refractivity contribution in [3.63, 3.8) is 0 Å². The number of ether oxygens (including phenoxy) is 2. The Morgan fingerprint density at radius 2 is 2.24 bits per heavy atom. The Balaban J connectivity index is 2.56. The zero-order valence-corrected chi connectivity index (χ0v) is 8.87. The molecule has 17 heavy (non-hydrogen) atoms. The molecule has 1 unspecified atom stereocenters. The first-order valence-corrected chi connectivity index (χ1v) is 4.84. The van der Waals surface area contributed by atoms with Gasteiger partial charge in [-0.2, -0.15) is 0 Å². The van der Waals surface area contributed by atoms with Gasteiger partial charge >= 0.3 is 5.97 Å². The summed E-state index contributed by atoms with van der Waals surface area (Å²) in [5, 5.41) is 19.6. The van der Waals surface area contributed by atoms with Gasteiger partial charge in [0.05, 0.1) is 11.0 Å². The van der Waals surface area contributed by atoms with E-state index in [2.05, 4.69) is 0 Å². The molecule has 0 fully saturated rings. The van der Waals surface area contributed by atoms with Crippen molar-refractivity contribution >= 4 is 11.7 Å². The molecule has 0 amide bonds. The Bertz CT molecular complexity index is 498. The van der Waals surface area contributed by atoms with E-state index in [0.29, 0.717) is 0 Å². The second kappa shape index (κ2) is 3.93. The van der Waals surface area contributed by atoms with Crippen LogP contribution in [0.15, 0.2) is 12.1 Å². The van der Waals surface area contributed by atoms with E-state index in [1.165, 1.54) is 0 Å². The number of aromatic carboxylic acids is 1. The van der Waals surface area contributed by atoms with Crippen molar-refractivity contribution in [3.05, 3.63) is 27.8 Å². The molecule has 1 N–H and O–H groups in total. The zero-order chi connectivity index (χ0) is 12.6. The van der Waals surface area contributed by atoms with Crippen LogP contribution in [0.4, 0.5) is 5.69 Å². The van der Waals surface area contributed by atoms with Gasteiger partial charge in [-0.3, -0.25) is 10.1 Å². The van der Waals surface area contributed by atoms with Gasteiger partial charge in [-0.15, -0.1) is 0 Å². The highest BCUT2D eigenvalue weighted by Gasteiger charge is 2.27. The van der Waals surface area contributed by atoms with Gasteiger partial charge in [-0.05, 0) is 6.92 Å². The maximum absolute atomic E-state index is 10.9. The number of carbonyl (C=O) groups is 1. The van der Waals surface area contributed by atoms with Crippen LogP contribution in [-0.4, -0.2) is 28.7 Å². The van der Waals surface area contributed by atoms with Crippen molar-refractivity contribution in [2.75, 3.05) is 6.61 Å². The Hall–Kier alpha value is -2.31. The Labute approximate surface area is 95.7 Å². The molecule has 90 valence electrons. The highest BCUT2D eigenvalue weighted by Crippen LogP contribution is 2.37. The summed E-state index contributed by atoms with van der Waals surface area (Å²) in [5.41, 5.74) is -0.916. The maximum Gasteiger partial charge on any atom is 0.342 e. The van der Waals surface area contributed by atoms with Gasteiger partial charge in [-0.1, -0.05) is 0 Å². The van der Waals surface area contributed by atoms with E-state index >= 15 is 0 Å². The molecule has 1 aliphatic rings. The molecule has 1 atom stereocenters. The highest BCUT2D eigenvalue weighted by molar-refractivity contribution is 5.93. The van der Waals surface area contributed by atoms with E-state index in [-0.39, 0.29) is 24.2 Å². The van der Waals surface area contributed by atoms with Crippen LogP contribution in [-0.2, 0) is 0 Å². The average Bonchev–Trinajstić information content (AvgIpc) is 2.26. The standard InChI is InChI=1S/C10H9NO6/c1-5-4-16-8-2-6(10(12)13)7(11(14)15)3-9(8)17-5/h2-3,5H,4H2,1H3,(H,12,13). The van der Waals surface area contributed by atoms with Crippen molar-refractivity contribution in [2.45, 2.75) is 13.0 Å². The van der Waals surface area contributed by atoms with Crippen molar-refractivity contribution in [1.82, 2.24) is 0 Å². The zero-order valence-electron chi connectivity index (χ0n) is 8.87. The number of nitro groups is 1. The van der Waals surface area contributed by atoms with Gasteiger partial charge in [0.2, 0.25) is 0 Å². The van der Waals surface area contributed by atoms with Crippen LogP contribution in [0.25, 0.3) is 0 Å². The number of hydrogen-bond donors (Lipinski definition) is 1. The summed E-state index contributed by atoms with van der Waals surface area (Å²) in [5.74, 6) is -0.965. The van der Waals surface area contributed by atoms with Crippen molar-refractivity contribution in [2.24, 2.45) is 0 Å². The van der Waals surface area contributed by atoms with E-state index in [0.717, 1.165) is 12.1 Å². The van der Waals surface area contributed by atoms with Crippen molar-refractivity contribution in [1.29, 1.82) is 0 Å². The van der Waals surface area contributed by atoms with E-state index in [1.54, 1.807) is 6.92 Å². The van der Waals surface area contributed by atoms with Crippen LogP contribution in [0.2, 0.25) is 0 Å². The lowest BCUT2D eigenvalue weighted by molar-refractivity contribution is -0.385. The fourth-order valence-electron chi connectivity index (χ4n) is 1.53. The third kappa shape index (κ3) is 1.99. The van der Waals surface area contributed by atoms with Crippen LogP contribution in [0.5, 0.6) is 11.5 Å². The van der Waals surface area contributed by atoms with Gasteiger partial charge in [-0.25, -0.2) is 4.79 Å². The molecular weight excluding hydrogens is 230 g/mol. The Morgan fingerprint density at radius 1 is 1.53 bits per heavy atom. The average molecular weight is 239 g/mol. The normalized spacial score (nSPS) is 17.6. The van der Waals surface area contributed by atoms with Gasteiger partial charge in [0.25, 0.3) is 5.69 Å². The summed E-state index contributed by atoms with van der Waals surface area (Å²) in [7, 11) is 0. The number of nitro benzene ring substituents is 1. The second-order valence-electron chi connectivity index (χ2n) is 3.62. The molecule has 2 rings (SSSR count). The van der Waals surface area contributed by atoms with E-state index in [4.69, 9.17) is 14.6 Å². The number of nitrogens with zero attached hydrogens (tertiary/aromatic N) is 1. The SMILES string of the molecule is CC1COc2cc(C(=O)O)c([N+](=O)[O-])cc2O1. The predicted octanol–water partition coefficient (Wildman–Crippen LogP) is 1.45. The quantitative estimate of drug-likeness (QED) is 0.619. The smallest absolute Gasteiger partial charge is 0.342 e. The minimum absolute atomic E-state index is 0.195. The summed E-state index contributed by atoms with van der Waals surface area (Å²) < 4.78 is 10.6. The molecule has 0 saturated heterocycles. The maximum atomic E-state index is 10.9. The molecule has 0 aliphatic carbocycles. The summed E-state index contributed by atoms with van der Waals surface area (Å²) in [6, 6.07) is 2.19. The third-order valence-electron chi connectivity index (χ3n) is 2.29. The fourth-order valence-corrected chi connectivity index (χ4v) is 1.53. The summed E-state index contributed by atoms with van der Waals surface area (Å²) in [6.45, 7) is 2.03. The molecule has 1 aromatic rings. The van der Waals surface area contributed by atoms with Gasteiger partial charge in [0.15, 0.2) is 11.5 Å². The largest absolute Gasteiger partial charge is 0.486 e. The van der Waals surface area contributed by atoms with Crippen LogP contribution < -0.4 is 9.47 Å². The first-order chi connectivity index (χ1) is 7.99. The molecule has 0 bridgehead atoms. The first-order valence-electron chi connectivity index (χ1n) is 4.84. The number of fused-ring (bicyclic) bond motifs is 1. The Kier molecular flexibility index (Phi) is 2.58. The summed E-state index contributed by atoms with van der Waals surface area (Å²) in [6.07, 6.45) is -0.224.